The number of carboxylic acids is 2. The minimum atomic E-state index is -1.74. The number of carboxylic acid groups (broad SMARTS) is 2. The Morgan fingerprint density at radius 2 is 1.69 bits per heavy atom. The summed E-state index contributed by atoms with van der Waals surface area (Å²) in [7, 11) is 0. The Kier molecular flexibility index (Phi) is 3.66. The van der Waals surface area contributed by atoms with E-state index in [-0.39, 0.29) is 0 Å². The van der Waals surface area contributed by atoms with E-state index in [1.807, 2.05) is 0 Å². The molecule has 0 bridgehead atoms. The van der Waals surface area contributed by atoms with Gasteiger partial charge in [-0.2, -0.15) is 0 Å². The molecule has 0 saturated carbocycles. The highest BCUT2D eigenvalue weighted by molar-refractivity contribution is 5.98. The highest BCUT2D eigenvalue weighted by Crippen LogP contribution is 2.29. The Balaban J connectivity index is 5.01. The third-order valence-corrected chi connectivity index (χ3v) is 2.28. The third-order valence-electron chi connectivity index (χ3n) is 2.28. The summed E-state index contributed by atoms with van der Waals surface area (Å²) in [5, 5.41) is 17.6. The first-order valence-electron chi connectivity index (χ1n) is 3.97. The molecule has 0 aromatic carbocycles. The molecule has 4 heteroatoms. The van der Waals surface area contributed by atoms with Crippen molar-refractivity contribution < 1.29 is 19.8 Å². The van der Waals surface area contributed by atoms with E-state index < -0.39 is 23.3 Å². The van der Waals surface area contributed by atoms with Crippen molar-refractivity contribution in [3.05, 3.63) is 12.2 Å². The predicted molar refractivity (Wildman–Crippen MR) is 47.4 cm³/mol. The number of aliphatic carboxylic acids is 2. The molecule has 0 saturated heterocycles. The monoisotopic (exact) mass is 186 g/mol. The van der Waals surface area contributed by atoms with Crippen molar-refractivity contribution in [1.29, 1.82) is 0 Å². The molecule has 2 N–H and O–H groups in total. The number of hydrogen-bond acceptors (Lipinski definition) is 2. The molecule has 0 aliphatic heterocycles. The van der Waals surface area contributed by atoms with Crippen molar-refractivity contribution in [3.63, 3.8) is 0 Å². The van der Waals surface area contributed by atoms with E-state index in [0.717, 1.165) is 0 Å². The highest BCUT2D eigenvalue weighted by atomic mass is 16.4. The van der Waals surface area contributed by atoms with E-state index in [0.29, 0.717) is 0 Å². The van der Waals surface area contributed by atoms with Crippen LogP contribution in [0, 0.1) is 11.3 Å². The second kappa shape index (κ2) is 4.07. The van der Waals surface area contributed by atoms with E-state index in [1.54, 1.807) is 26.0 Å². The highest BCUT2D eigenvalue weighted by Gasteiger charge is 2.45. The van der Waals surface area contributed by atoms with Crippen LogP contribution in [0.2, 0.25) is 0 Å². The second-order valence-corrected chi connectivity index (χ2v) is 3.13. The molecule has 1 unspecified atom stereocenters. The van der Waals surface area contributed by atoms with Crippen molar-refractivity contribution in [2.75, 3.05) is 0 Å². The summed E-state index contributed by atoms with van der Waals surface area (Å²) in [4.78, 5) is 21.5. The zero-order valence-corrected chi connectivity index (χ0v) is 7.94. The molecule has 0 aromatic rings. The van der Waals surface area contributed by atoms with E-state index in [2.05, 4.69) is 0 Å². The molecule has 0 spiro atoms. The molecule has 13 heavy (non-hydrogen) atoms. The smallest absolute Gasteiger partial charge is 0.321 e. The van der Waals surface area contributed by atoms with Gasteiger partial charge >= 0.3 is 11.9 Å². The first kappa shape index (κ1) is 11.7. The van der Waals surface area contributed by atoms with Gasteiger partial charge < -0.3 is 10.2 Å². The molecule has 0 heterocycles. The summed E-state index contributed by atoms with van der Waals surface area (Å²) < 4.78 is 0. The number of hydrogen-bond donors (Lipinski definition) is 2. The van der Waals surface area contributed by atoms with Gasteiger partial charge in [0.05, 0.1) is 0 Å². The normalized spacial score (nSPS) is 14.4. The minimum Gasteiger partial charge on any atom is -0.480 e. The van der Waals surface area contributed by atoms with Crippen LogP contribution < -0.4 is 0 Å². The summed E-state index contributed by atoms with van der Waals surface area (Å²) in [6, 6.07) is 0. The molecule has 4 nitrogen and oxygen atoms in total. The van der Waals surface area contributed by atoms with Gasteiger partial charge in [-0.15, -0.1) is 0 Å². The summed E-state index contributed by atoms with van der Waals surface area (Å²) in [5.74, 6) is -3.16. The lowest BCUT2D eigenvalue weighted by molar-refractivity contribution is -0.165. The maximum Gasteiger partial charge on any atom is 0.321 e. The average molecular weight is 186 g/mol. The standard InChI is InChI=1S/C9H14O4/c1-4-5-6(2)9(3,7(10)11)8(12)13/h4-6H,1-3H3,(H,10,11)(H,12,13). The number of rotatable bonds is 4. The van der Waals surface area contributed by atoms with Gasteiger partial charge in [-0.1, -0.05) is 19.1 Å². The largest absolute Gasteiger partial charge is 0.480 e. The predicted octanol–water partition coefficient (Wildman–Crippen LogP) is 1.37. The van der Waals surface area contributed by atoms with Crippen LogP contribution >= 0.6 is 0 Å². The van der Waals surface area contributed by atoms with Crippen LogP contribution in [0.3, 0.4) is 0 Å². The van der Waals surface area contributed by atoms with Crippen molar-refractivity contribution in [2.45, 2.75) is 20.8 Å². The first-order valence-corrected chi connectivity index (χ1v) is 3.97. The van der Waals surface area contributed by atoms with Crippen molar-refractivity contribution in [3.8, 4) is 0 Å². The molecule has 74 valence electrons. The number of allylic oxidation sites excluding steroid dienone is 2. The Hall–Kier alpha value is -1.32. The van der Waals surface area contributed by atoms with Crippen molar-refractivity contribution >= 4 is 11.9 Å². The van der Waals surface area contributed by atoms with E-state index in [9.17, 15) is 9.59 Å². The lowest BCUT2D eigenvalue weighted by atomic mass is 9.78. The molecule has 1 atom stereocenters. The van der Waals surface area contributed by atoms with Crippen molar-refractivity contribution in [1.82, 2.24) is 0 Å². The molecule has 0 radical (unpaired) electrons. The Labute approximate surface area is 76.9 Å². The van der Waals surface area contributed by atoms with Crippen LogP contribution in [0.5, 0.6) is 0 Å². The Bertz CT molecular complexity index is 228. The van der Waals surface area contributed by atoms with Crippen LogP contribution in [-0.2, 0) is 9.59 Å². The zero-order chi connectivity index (χ0) is 10.6. The molecular weight excluding hydrogens is 172 g/mol. The summed E-state index contributed by atoms with van der Waals surface area (Å²) in [6.07, 6.45) is 3.22. The van der Waals surface area contributed by atoms with Crippen LogP contribution in [-0.4, -0.2) is 22.2 Å². The van der Waals surface area contributed by atoms with Gasteiger partial charge in [-0.3, -0.25) is 9.59 Å². The molecule has 0 amide bonds. The van der Waals surface area contributed by atoms with Gasteiger partial charge in [0.1, 0.15) is 0 Å². The van der Waals surface area contributed by atoms with Gasteiger partial charge in [0.25, 0.3) is 0 Å². The van der Waals surface area contributed by atoms with E-state index in [1.165, 1.54) is 6.92 Å². The van der Waals surface area contributed by atoms with Gasteiger partial charge in [0.15, 0.2) is 5.41 Å². The van der Waals surface area contributed by atoms with Crippen LogP contribution in [0.25, 0.3) is 0 Å². The summed E-state index contributed by atoms with van der Waals surface area (Å²) in [6.45, 7) is 4.51. The van der Waals surface area contributed by atoms with Gasteiger partial charge in [0.2, 0.25) is 0 Å². The first-order chi connectivity index (χ1) is 5.87. The lowest BCUT2D eigenvalue weighted by Crippen LogP contribution is -2.41. The fourth-order valence-electron chi connectivity index (χ4n) is 0.962. The van der Waals surface area contributed by atoms with E-state index >= 15 is 0 Å². The summed E-state index contributed by atoms with van der Waals surface area (Å²) in [5.41, 5.74) is -1.74. The molecule has 0 fully saturated rings. The van der Waals surface area contributed by atoms with Gasteiger partial charge in [0, 0.05) is 5.92 Å². The lowest BCUT2D eigenvalue weighted by Gasteiger charge is -2.24. The molecule has 0 aliphatic rings. The number of carbonyl (C=O) groups is 2. The third kappa shape index (κ3) is 2.08. The molecule has 0 rings (SSSR count). The second-order valence-electron chi connectivity index (χ2n) is 3.13. The van der Waals surface area contributed by atoms with Crippen LogP contribution in [0.1, 0.15) is 20.8 Å². The Morgan fingerprint density at radius 1 is 1.31 bits per heavy atom. The minimum absolute atomic E-state index is 0.535. The van der Waals surface area contributed by atoms with Crippen LogP contribution in [0.4, 0.5) is 0 Å². The zero-order valence-electron chi connectivity index (χ0n) is 7.94. The maximum absolute atomic E-state index is 10.8. The molecular formula is C9H14O4. The molecule has 0 aliphatic carbocycles. The SMILES string of the molecule is CC=CC(C)C(C)(C(=O)O)C(=O)O. The van der Waals surface area contributed by atoms with E-state index in [4.69, 9.17) is 10.2 Å². The van der Waals surface area contributed by atoms with Gasteiger partial charge in [-0.25, -0.2) is 0 Å². The van der Waals surface area contributed by atoms with Crippen molar-refractivity contribution in [2.24, 2.45) is 11.3 Å². The average Bonchev–Trinajstić information content (AvgIpc) is 2.02. The topological polar surface area (TPSA) is 74.6 Å². The maximum atomic E-state index is 10.8. The van der Waals surface area contributed by atoms with Crippen LogP contribution in [0.15, 0.2) is 12.2 Å². The summed E-state index contributed by atoms with van der Waals surface area (Å²) >= 11 is 0. The quantitative estimate of drug-likeness (QED) is 0.513. The fourth-order valence-corrected chi connectivity index (χ4v) is 0.962. The Morgan fingerprint density at radius 3 is 1.92 bits per heavy atom. The molecule has 0 aromatic heterocycles. The van der Waals surface area contributed by atoms with Gasteiger partial charge in [-0.05, 0) is 13.8 Å². The fraction of sp³-hybridized carbons (Fsp3) is 0.556.